The maximum absolute atomic E-state index is 13.8. The molecular weight excluding hydrogens is 337 g/mol. The van der Waals surface area contributed by atoms with Crippen molar-refractivity contribution in [2.75, 3.05) is 19.7 Å². The highest BCUT2D eigenvalue weighted by atomic mass is 79.9. The van der Waals surface area contributed by atoms with Gasteiger partial charge in [-0.2, -0.15) is 4.31 Å². The number of nitrogens with zero attached hydrogens (tertiary/aromatic N) is 1. The minimum atomic E-state index is -3.82. The lowest BCUT2D eigenvalue weighted by Gasteiger charge is -2.37. The standard InChI is InChI=1S/C12H15BrFNO3S/c1-12(2)8-15(5-6-18-12)19(16,17)11-4-3-9(13)7-10(11)14/h3-4,7H,5-6,8H2,1-2H3. The molecule has 1 aliphatic rings. The lowest BCUT2D eigenvalue weighted by atomic mass is 10.1. The van der Waals surface area contributed by atoms with Crippen LogP contribution in [0, 0.1) is 5.82 Å². The SMILES string of the molecule is CC1(C)CN(S(=O)(=O)c2ccc(Br)cc2F)CCO1. The maximum atomic E-state index is 13.8. The van der Waals surface area contributed by atoms with Crippen LogP contribution < -0.4 is 0 Å². The van der Waals surface area contributed by atoms with E-state index in [1.807, 2.05) is 13.8 Å². The summed E-state index contributed by atoms with van der Waals surface area (Å²) in [6, 6.07) is 3.94. The molecule has 0 N–H and O–H groups in total. The fourth-order valence-corrected chi connectivity index (χ4v) is 3.95. The Labute approximate surface area is 120 Å². The molecule has 0 aromatic heterocycles. The summed E-state index contributed by atoms with van der Waals surface area (Å²) < 4.78 is 45.9. The normalized spacial score (nSPS) is 20.4. The number of sulfonamides is 1. The molecule has 0 spiro atoms. The van der Waals surface area contributed by atoms with E-state index in [1.54, 1.807) is 0 Å². The third kappa shape index (κ3) is 3.16. The van der Waals surface area contributed by atoms with Gasteiger partial charge in [0, 0.05) is 17.6 Å². The molecule has 0 amide bonds. The molecule has 4 nitrogen and oxygen atoms in total. The van der Waals surface area contributed by atoms with Crippen LogP contribution >= 0.6 is 15.9 Å². The molecule has 1 aromatic carbocycles. The Morgan fingerprint density at radius 2 is 2.11 bits per heavy atom. The number of morpholine rings is 1. The van der Waals surface area contributed by atoms with Gasteiger partial charge >= 0.3 is 0 Å². The van der Waals surface area contributed by atoms with Crippen LogP contribution in [0.1, 0.15) is 13.8 Å². The zero-order chi connectivity index (χ0) is 14.3. The highest BCUT2D eigenvalue weighted by Gasteiger charge is 2.36. The predicted molar refractivity (Wildman–Crippen MR) is 72.9 cm³/mol. The fraction of sp³-hybridized carbons (Fsp3) is 0.500. The second-order valence-corrected chi connectivity index (χ2v) is 7.84. The Balaban J connectivity index is 2.37. The summed E-state index contributed by atoms with van der Waals surface area (Å²) in [6.45, 7) is 4.38. The summed E-state index contributed by atoms with van der Waals surface area (Å²) in [6.07, 6.45) is 0. The first-order valence-electron chi connectivity index (χ1n) is 5.81. The van der Waals surface area contributed by atoms with Crippen LogP contribution in [0.4, 0.5) is 4.39 Å². The van der Waals surface area contributed by atoms with Gasteiger partial charge in [0.15, 0.2) is 0 Å². The van der Waals surface area contributed by atoms with Crippen molar-refractivity contribution in [1.82, 2.24) is 4.31 Å². The van der Waals surface area contributed by atoms with Crippen molar-refractivity contribution in [2.45, 2.75) is 24.3 Å². The number of hydrogen-bond donors (Lipinski definition) is 0. The Morgan fingerprint density at radius 1 is 1.42 bits per heavy atom. The lowest BCUT2D eigenvalue weighted by molar-refractivity contribution is -0.0640. The van der Waals surface area contributed by atoms with E-state index in [-0.39, 0.29) is 18.0 Å². The zero-order valence-corrected chi connectivity index (χ0v) is 13.1. The van der Waals surface area contributed by atoms with Crippen LogP contribution in [0.5, 0.6) is 0 Å². The van der Waals surface area contributed by atoms with Crippen molar-refractivity contribution < 1.29 is 17.5 Å². The molecule has 0 atom stereocenters. The molecule has 0 bridgehead atoms. The van der Waals surface area contributed by atoms with Gasteiger partial charge in [-0.15, -0.1) is 0 Å². The molecule has 1 aromatic rings. The van der Waals surface area contributed by atoms with Gasteiger partial charge < -0.3 is 4.74 Å². The van der Waals surface area contributed by atoms with Gasteiger partial charge in [-0.25, -0.2) is 12.8 Å². The van der Waals surface area contributed by atoms with E-state index in [4.69, 9.17) is 4.74 Å². The molecule has 1 fully saturated rings. The zero-order valence-electron chi connectivity index (χ0n) is 10.7. The van der Waals surface area contributed by atoms with Gasteiger partial charge in [0.25, 0.3) is 0 Å². The second kappa shape index (κ2) is 5.12. The van der Waals surface area contributed by atoms with Crippen LogP contribution in [0.3, 0.4) is 0 Å². The molecule has 0 radical (unpaired) electrons. The van der Waals surface area contributed by atoms with Crippen molar-refractivity contribution in [3.8, 4) is 0 Å². The molecule has 2 rings (SSSR count). The number of halogens is 2. The van der Waals surface area contributed by atoms with Gasteiger partial charge in [-0.1, -0.05) is 15.9 Å². The van der Waals surface area contributed by atoms with Crippen molar-refractivity contribution in [3.63, 3.8) is 0 Å². The van der Waals surface area contributed by atoms with Gasteiger partial charge in [0.2, 0.25) is 10.0 Å². The van der Waals surface area contributed by atoms with E-state index in [1.165, 1.54) is 16.4 Å². The molecule has 1 saturated heterocycles. The van der Waals surface area contributed by atoms with E-state index in [0.29, 0.717) is 11.1 Å². The Bertz CT molecular complexity index is 589. The summed E-state index contributed by atoms with van der Waals surface area (Å²) in [5.74, 6) is -0.751. The summed E-state index contributed by atoms with van der Waals surface area (Å²) in [5.41, 5.74) is -0.558. The number of rotatable bonds is 2. The molecule has 1 heterocycles. The summed E-state index contributed by atoms with van der Waals surface area (Å²) in [4.78, 5) is -0.298. The Hall–Kier alpha value is -0.500. The predicted octanol–water partition coefficient (Wildman–Crippen LogP) is 2.39. The minimum Gasteiger partial charge on any atom is -0.373 e. The van der Waals surface area contributed by atoms with Crippen LogP contribution in [-0.2, 0) is 14.8 Å². The molecular formula is C12H15BrFNO3S. The molecule has 1 aliphatic heterocycles. The van der Waals surface area contributed by atoms with Crippen LogP contribution in [0.15, 0.2) is 27.6 Å². The Kier molecular flexibility index (Phi) is 4.02. The fourth-order valence-electron chi connectivity index (χ4n) is 2.00. The quantitative estimate of drug-likeness (QED) is 0.821. The lowest BCUT2D eigenvalue weighted by Crippen LogP contribution is -2.50. The third-order valence-corrected chi connectivity index (χ3v) is 5.27. The van der Waals surface area contributed by atoms with Gasteiger partial charge in [-0.3, -0.25) is 0 Å². The highest BCUT2D eigenvalue weighted by Crippen LogP contribution is 2.26. The summed E-state index contributed by atoms with van der Waals surface area (Å²) >= 11 is 3.11. The van der Waals surface area contributed by atoms with E-state index in [0.717, 1.165) is 6.07 Å². The molecule has 0 unspecified atom stereocenters. The van der Waals surface area contributed by atoms with Gasteiger partial charge in [0.05, 0.1) is 12.2 Å². The Morgan fingerprint density at radius 3 is 2.68 bits per heavy atom. The molecule has 7 heteroatoms. The van der Waals surface area contributed by atoms with Gasteiger partial charge in [0.1, 0.15) is 10.7 Å². The van der Waals surface area contributed by atoms with Crippen molar-refractivity contribution >= 4 is 26.0 Å². The van der Waals surface area contributed by atoms with E-state index < -0.39 is 21.4 Å². The third-order valence-electron chi connectivity index (χ3n) is 2.90. The minimum absolute atomic E-state index is 0.213. The molecule has 0 aliphatic carbocycles. The monoisotopic (exact) mass is 351 g/mol. The first-order chi connectivity index (χ1) is 8.72. The maximum Gasteiger partial charge on any atom is 0.246 e. The van der Waals surface area contributed by atoms with Crippen LogP contribution in [0.2, 0.25) is 0 Å². The van der Waals surface area contributed by atoms with E-state index >= 15 is 0 Å². The molecule has 19 heavy (non-hydrogen) atoms. The smallest absolute Gasteiger partial charge is 0.246 e. The van der Waals surface area contributed by atoms with E-state index in [2.05, 4.69) is 15.9 Å². The molecule has 106 valence electrons. The summed E-state index contributed by atoms with van der Waals surface area (Å²) in [5, 5.41) is 0. The summed E-state index contributed by atoms with van der Waals surface area (Å²) in [7, 11) is -3.82. The van der Waals surface area contributed by atoms with Crippen LogP contribution in [0.25, 0.3) is 0 Å². The number of benzene rings is 1. The second-order valence-electron chi connectivity index (χ2n) is 5.02. The van der Waals surface area contributed by atoms with E-state index in [9.17, 15) is 12.8 Å². The van der Waals surface area contributed by atoms with Crippen molar-refractivity contribution in [1.29, 1.82) is 0 Å². The number of ether oxygens (including phenoxy) is 1. The average molecular weight is 352 g/mol. The largest absolute Gasteiger partial charge is 0.373 e. The van der Waals surface area contributed by atoms with Gasteiger partial charge in [-0.05, 0) is 32.0 Å². The first-order valence-corrected chi connectivity index (χ1v) is 8.05. The number of hydrogen-bond acceptors (Lipinski definition) is 3. The van der Waals surface area contributed by atoms with Crippen LogP contribution in [-0.4, -0.2) is 38.0 Å². The molecule has 0 saturated carbocycles. The topological polar surface area (TPSA) is 46.6 Å². The van der Waals surface area contributed by atoms with Crippen molar-refractivity contribution in [3.05, 3.63) is 28.5 Å². The highest BCUT2D eigenvalue weighted by molar-refractivity contribution is 9.10. The van der Waals surface area contributed by atoms with Crippen molar-refractivity contribution in [2.24, 2.45) is 0 Å². The first kappa shape index (κ1) is 14.9. The average Bonchev–Trinajstić information content (AvgIpc) is 2.27.